The molecule has 0 spiro atoms. The number of H-pyrrole nitrogens is 1. The monoisotopic (exact) mass is 414 g/mol. The summed E-state index contributed by atoms with van der Waals surface area (Å²) < 4.78 is 7.66. The molecular formula is C23H22N6O2. The molecule has 0 saturated heterocycles. The van der Waals surface area contributed by atoms with Crippen LogP contribution >= 0.6 is 0 Å². The number of imidazole rings is 1. The first kappa shape index (κ1) is 19.2. The van der Waals surface area contributed by atoms with Gasteiger partial charge in [0.25, 0.3) is 6.01 Å². The Morgan fingerprint density at radius 3 is 2.61 bits per heavy atom. The lowest BCUT2D eigenvalue weighted by atomic mass is 9.98. The van der Waals surface area contributed by atoms with E-state index < -0.39 is 0 Å². The molecule has 1 aliphatic rings. The molecule has 0 fully saturated rings. The van der Waals surface area contributed by atoms with Crippen LogP contribution in [0.3, 0.4) is 0 Å². The number of Topliss-reactive ketones (excluding diaryl/α,β-unsaturated/α-hetero) is 1. The number of nitrogens with zero attached hydrogens (tertiary/aromatic N) is 5. The minimum absolute atomic E-state index is 0.144. The molecule has 8 heteroatoms. The lowest BCUT2D eigenvalue weighted by Gasteiger charge is -2.14. The summed E-state index contributed by atoms with van der Waals surface area (Å²) in [5, 5.41) is 14.4. The van der Waals surface area contributed by atoms with Crippen LogP contribution in [0.15, 0.2) is 48.5 Å². The number of benzene rings is 2. The number of nitrogens with one attached hydrogen (secondary N) is 1. The molecule has 0 aliphatic heterocycles. The van der Waals surface area contributed by atoms with Gasteiger partial charge in [0.1, 0.15) is 5.69 Å². The van der Waals surface area contributed by atoms with Crippen molar-refractivity contribution in [3.8, 4) is 28.5 Å². The van der Waals surface area contributed by atoms with Crippen LogP contribution in [0.2, 0.25) is 0 Å². The Labute approximate surface area is 179 Å². The number of ether oxygens (including phenoxy) is 1. The van der Waals surface area contributed by atoms with Gasteiger partial charge in [0.15, 0.2) is 5.78 Å². The molecule has 8 nitrogen and oxygen atoms in total. The Morgan fingerprint density at radius 1 is 1.06 bits per heavy atom. The Bertz CT molecular complexity index is 1210. The van der Waals surface area contributed by atoms with Crippen LogP contribution in [-0.2, 0) is 13.0 Å². The molecule has 2 aromatic carbocycles. The Kier molecular flexibility index (Phi) is 5.03. The number of fused-ring (bicyclic) bond motifs is 1. The van der Waals surface area contributed by atoms with Crippen LogP contribution in [0.25, 0.3) is 22.5 Å². The number of ketones is 1. The van der Waals surface area contributed by atoms with Crippen LogP contribution in [0, 0.1) is 0 Å². The molecule has 0 bridgehead atoms. The number of aromatic amines is 1. The first-order valence-electron chi connectivity index (χ1n) is 10.4. The molecular weight excluding hydrogens is 392 g/mol. The van der Waals surface area contributed by atoms with Gasteiger partial charge in [-0.05, 0) is 41.7 Å². The number of aryl methyl sites for hydroxylation is 1. The molecule has 2 aromatic heterocycles. The molecule has 5 rings (SSSR count). The zero-order chi connectivity index (χ0) is 21.2. The van der Waals surface area contributed by atoms with Gasteiger partial charge in [-0.3, -0.25) is 9.36 Å². The van der Waals surface area contributed by atoms with Crippen molar-refractivity contribution in [1.29, 1.82) is 0 Å². The molecule has 0 radical (unpaired) electrons. The summed E-state index contributed by atoms with van der Waals surface area (Å²) in [4.78, 5) is 17.2. The fourth-order valence-electron chi connectivity index (χ4n) is 4.06. The van der Waals surface area contributed by atoms with Gasteiger partial charge in [-0.1, -0.05) is 48.5 Å². The van der Waals surface area contributed by atoms with Crippen LogP contribution in [-0.4, -0.2) is 42.6 Å². The van der Waals surface area contributed by atoms with E-state index in [2.05, 4.69) is 49.9 Å². The topological polar surface area (TPSA) is 98.6 Å². The normalized spacial score (nSPS) is 13.3. The van der Waals surface area contributed by atoms with Crippen molar-refractivity contribution in [2.24, 2.45) is 0 Å². The van der Waals surface area contributed by atoms with Gasteiger partial charge in [-0.15, -0.1) is 10.2 Å². The quantitative estimate of drug-likeness (QED) is 0.517. The van der Waals surface area contributed by atoms with E-state index in [4.69, 9.17) is 4.74 Å². The van der Waals surface area contributed by atoms with E-state index >= 15 is 0 Å². The number of hydrogen-bond donors (Lipinski definition) is 1. The first-order valence-corrected chi connectivity index (χ1v) is 10.4. The summed E-state index contributed by atoms with van der Waals surface area (Å²) in [5.41, 5.74) is 5.61. The van der Waals surface area contributed by atoms with Crippen molar-refractivity contribution in [3.05, 3.63) is 65.5 Å². The molecule has 1 N–H and O–H groups in total. The molecule has 31 heavy (non-hydrogen) atoms. The van der Waals surface area contributed by atoms with E-state index in [-0.39, 0.29) is 5.78 Å². The second-order valence-electron chi connectivity index (χ2n) is 7.46. The highest BCUT2D eigenvalue weighted by atomic mass is 16.5. The largest absolute Gasteiger partial charge is 0.465 e. The van der Waals surface area contributed by atoms with E-state index in [1.165, 1.54) is 0 Å². The van der Waals surface area contributed by atoms with Gasteiger partial charge in [0, 0.05) is 12.0 Å². The van der Waals surface area contributed by atoms with E-state index in [0.29, 0.717) is 37.1 Å². The lowest BCUT2D eigenvalue weighted by Crippen LogP contribution is -2.16. The first-order chi connectivity index (χ1) is 15.2. The highest BCUT2D eigenvalue weighted by Crippen LogP contribution is 2.31. The molecule has 0 atom stereocenters. The van der Waals surface area contributed by atoms with Crippen molar-refractivity contribution in [2.75, 3.05) is 6.61 Å². The number of aromatic nitrogens is 6. The van der Waals surface area contributed by atoms with Gasteiger partial charge in [0.2, 0.25) is 5.82 Å². The second kappa shape index (κ2) is 8.14. The lowest BCUT2D eigenvalue weighted by molar-refractivity contribution is 0.0962. The van der Waals surface area contributed by atoms with Gasteiger partial charge >= 0.3 is 0 Å². The standard InChI is InChI=1S/C23H22N6O2/c1-2-31-23-24-19-8-5-9-20(30)21(19)29(23)14-15-10-12-16(13-11-15)17-6-3-4-7-18(17)22-25-27-28-26-22/h3-4,6-7,10-13H,2,5,8-9,14H2,1H3,(H,25,26,27,28). The zero-order valence-electron chi connectivity index (χ0n) is 17.2. The number of carbonyl (C=O) groups is 1. The van der Waals surface area contributed by atoms with Gasteiger partial charge in [0.05, 0.1) is 18.8 Å². The Hall–Kier alpha value is -3.81. The summed E-state index contributed by atoms with van der Waals surface area (Å²) in [6.45, 7) is 2.97. The van der Waals surface area contributed by atoms with Crippen molar-refractivity contribution >= 4 is 5.78 Å². The van der Waals surface area contributed by atoms with E-state index in [0.717, 1.165) is 40.8 Å². The van der Waals surface area contributed by atoms with E-state index in [1.54, 1.807) is 0 Å². The molecule has 0 unspecified atom stereocenters. The fraction of sp³-hybridized carbons (Fsp3) is 0.261. The number of hydrogen-bond acceptors (Lipinski definition) is 6. The minimum atomic E-state index is 0.144. The molecule has 4 aromatic rings. The molecule has 0 amide bonds. The SMILES string of the molecule is CCOc1nc2c(n1Cc1ccc(-c3ccccc3-c3nn[nH]n3)cc1)C(=O)CCC2. The maximum absolute atomic E-state index is 12.6. The summed E-state index contributed by atoms with van der Waals surface area (Å²) in [7, 11) is 0. The highest BCUT2D eigenvalue weighted by Gasteiger charge is 2.27. The third kappa shape index (κ3) is 3.61. The van der Waals surface area contributed by atoms with E-state index in [1.807, 2.05) is 35.8 Å². The van der Waals surface area contributed by atoms with Crippen molar-refractivity contribution in [3.63, 3.8) is 0 Å². The van der Waals surface area contributed by atoms with Gasteiger partial charge in [-0.2, -0.15) is 10.2 Å². The summed E-state index contributed by atoms with van der Waals surface area (Å²) >= 11 is 0. The number of tetrazole rings is 1. The smallest absolute Gasteiger partial charge is 0.297 e. The Morgan fingerprint density at radius 2 is 1.87 bits per heavy atom. The van der Waals surface area contributed by atoms with Gasteiger partial charge in [-0.25, -0.2) is 0 Å². The van der Waals surface area contributed by atoms with Crippen LogP contribution in [0.4, 0.5) is 0 Å². The summed E-state index contributed by atoms with van der Waals surface area (Å²) in [5.74, 6) is 0.704. The summed E-state index contributed by atoms with van der Waals surface area (Å²) in [6, 6.07) is 16.8. The molecule has 0 saturated carbocycles. The van der Waals surface area contributed by atoms with Gasteiger partial charge < -0.3 is 4.74 Å². The van der Waals surface area contributed by atoms with Crippen LogP contribution < -0.4 is 4.74 Å². The maximum Gasteiger partial charge on any atom is 0.297 e. The van der Waals surface area contributed by atoms with E-state index in [9.17, 15) is 4.79 Å². The second-order valence-corrected chi connectivity index (χ2v) is 7.46. The Balaban J connectivity index is 1.47. The third-order valence-electron chi connectivity index (χ3n) is 5.48. The van der Waals surface area contributed by atoms with Crippen molar-refractivity contribution < 1.29 is 9.53 Å². The molecule has 156 valence electrons. The van der Waals surface area contributed by atoms with Crippen LogP contribution in [0.5, 0.6) is 6.01 Å². The minimum Gasteiger partial charge on any atom is -0.465 e. The fourth-order valence-corrected chi connectivity index (χ4v) is 4.06. The summed E-state index contributed by atoms with van der Waals surface area (Å²) in [6.07, 6.45) is 2.24. The number of carbonyl (C=O) groups excluding carboxylic acids is 1. The van der Waals surface area contributed by atoms with Crippen molar-refractivity contribution in [2.45, 2.75) is 32.7 Å². The predicted octanol–water partition coefficient (Wildman–Crippen LogP) is 3.70. The average molecular weight is 414 g/mol. The third-order valence-corrected chi connectivity index (χ3v) is 5.48. The van der Waals surface area contributed by atoms with Crippen molar-refractivity contribution in [1.82, 2.24) is 30.2 Å². The predicted molar refractivity (Wildman–Crippen MR) is 115 cm³/mol. The average Bonchev–Trinajstić information content (AvgIpc) is 3.44. The van der Waals surface area contributed by atoms with Crippen LogP contribution in [0.1, 0.15) is 41.5 Å². The highest BCUT2D eigenvalue weighted by molar-refractivity contribution is 5.96. The molecule has 1 aliphatic carbocycles. The number of rotatable bonds is 6. The maximum atomic E-state index is 12.6. The molecule has 2 heterocycles. The zero-order valence-corrected chi connectivity index (χ0v) is 17.2.